The molecule has 0 N–H and O–H groups in total. The summed E-state index contributed by atoms with van der Waals surface area (Å²) in [6.45, 7) is 18.6. The highest BCUT2D eigenvalue weighted by molar-refractivity contribution is 5.87. The van der Waals surface area contributed by atoms with E-state index in [1.807, 2.05) is 13.0 Å². The number of azo groups is 2. The average molecular weight is 841 g/mol. The molecule has 0 radical (unpaired) electrons. The van der Waals surface area contributed by atoms with E-state index in [-0.39, 0.29) is 66.1 Å². The Hall–Kier alpha value is -5.92. The van der Waals surface area contributed by atoms with Crippen molar-refractivity contribution in [2.75, 3.05) is 44.4 Å². The molecule has 61 heavy (non-hydrogen) atoms. The van der Waals surface area contributed by atoms with Crippen LogP contribution in [0.15, 0.2) is 99.4 Å². The van der Waals surface area contributed by atoms with Crippen LogP contribution in [0.5, 0.6) is 11.5 Å². The molecular weight excluding hydrogens is 777 g/mol. The van der Waals surface area contributed by atoms with Crippen molar-refractivity contribution < 1.29 is 33.5 Å². The van der Waals surface area contributed by atoms with E-state index >= 15 is 0 Å². The van der Waals surface area contributed by atoms with Crippen LogP contribution in [0.2, 0.25) is 0 Å². The molecule has 3 aromatic rings. The summed E-state index contributed by atoms with van der Waals surface area (Å²) in [6.07, 6.45) is 14.9. The molecule has 0 atom stereocenters. The Kier molecular flexibility index (Phi) is 22.5. The summed E-state index contributed by atoms with van der Waals surface area (Å²) in [5.74, 6) is -0.637. The molecule has 14 heteroatoms. The predicted molar refractivity (Wildman–Crippen MR) is 241 cm³/mol. The number of aryl methyl sites for hydroxylation is 1. The Morgan fingerprint density at radius 3 is 1.54 bits per heavy atom. The third-order valence-electron chi connectivity index (χ3n) is 9.59. The van der Waals surface area contributed by atoms with Crippen molar-refractivity contribution in [2.24, 2.45) is 20.5 Å². The lowest BCUT2D eigenvalue weighted by atomic mass is 10.1. The van der Waals surface area contributed by atoms with Crippen molar-refractivity contribution in [1.29, 1.82) is 0 Å². The fourth-order valence-electron chi connectivity index (χ4n) is 6.09. The zero-order valence-electron chi connectivity index (χ0n) is 36.8. The van der Waals surface area contributed by atoms with E-state index in [9.17, 15) is 19.7 Å². The maximum Gasteiger partial charge on any atom is 0.333 e. The monoisotopic (exact) mass is 840 g/mol. The Morgan fingerprint density at radius 2 is 1.08 bits per heavy atom. The number of benzene rings is 3. The quantitative estimate of drug-likeness (QED) is 0.0158. The van der Waals surface area contributed by atoms with Crippen LogP contribution >= 0.6 is 0 Å². The maximum atomic E-state index is 12.0. The number of hydrogen-bond acceptors (Lipinski definition) is 13. The lowest BCUT2D eigenvalue weighted by molar-refractivity contribution is -0.384. The largest absolute Gasteiger partial charge is 0.488 e. The molecule has 3 aromatic carbocycles. The molecule has 0 heterocycles. The fraction of sp³-hybridized carbons (Fsp3) is 0.489. The topological polar surface area (TPSA) is 167 Å². The zero-order valence-corrected chi connectivity index (χ0v) is 36.8. The van der Waals surface area contributed by atoms with Crippen LogP contribution in [-0.4, -0.2) is 56.4 Å². The second-order valence-electron chi connectivity index (χ2n) is 15.0. The maximum absolute atomic E-state index is 12.0. The smallest absolute Gasteiger partial charge is 0.333 e. The summed E-state index contributed by atoms with van der Waals surface area (Å²) in [7, 11) is 0. The number of ether oxygens (including phenoxy) is 4. The first-order chi connectivity index (χ1) is 29.4. The SMILES string of the molecule is C=C(C)C(=O)OCCOc1cc(/N=N/c2ccc(N(CCCCCCCC)CCCCCCCC)cc2C)c(OCCOC(=O)C(=C)C)cc1/N=N/c1ccc([N+](=O)[O-])cc1. The molecule has 0 amide bonds. The van der Waals surface area contributed by atoms with Gasteiger partial charge in [0, 0.05) is 54.2 Å². The Balaban J connectivity index is 1.96. The molecule has 0 aliphatic rings. The minimum atomic E-state index is -0.554. The highest BCUT2D eigenvalue weighted by Crippen LogP contribution is 2.42. The van der Waals surface area contributed by atoms with Crippen LogP contribution in [0.4, 0.5) is 34.1 Å². The van der Waals surface area contributed by atoms with Crippen molar-refractivity contribution >= 4 is 46.1 Å². The van der Waals surface area contributed by atoms with Gasteiger partial charge in [-0.1, -0.05) is 91.2 Å². The molecule has 14 nitrogen and oxygen atoms in total. The van der Waals surface area contributed by atoms with E-state index in [4.69, 9.17) is 18.9 Å². The number of hydrogen-bond donors (Lipinski definition) is 0. The van der Waals surface area contributed by atoms with E-state index in [0.717, 1.165) is 37.2 Å². The molecule has 0 aliphatic heterocycles. The minimum Gasteiger partial charge on any atom is -0.488 e. The van der Waals surface area contributed by atoms with E-state index in [1.165, 1.54) is 88.5 Å². The number of anilines is 1. The molecule has 0 saturated carbocycles. The number of unbranched alkanes of at least 4 members (excludes halogenated alkanes) is 10. The minimum absolute atomic E-state index is 0.0295. The first-order valence-corrected chi connectivity index (χ1v) is 21.5. The summed E-state index contributed by atoms with van der Waals surface area (Å²) >= 11 is 0. The van der Waals surface area contributed by atoms with Crippen LogP contribution in [-0.2, 0) is 19.1 Å². The van der Waals surface area contributed by atoms with Crippen LogP contribution in [0.1, 0.15) is 110 Å². The lowest BCUT2D eigenvalue weighted by Crippen LogP contribution is -2.25. The number of nitro groups is 1. The van der Waals surface area contributed by atoms with Gasteiger partial charge in [0.15, 0.2) is 0 Å². The van der Waals surface area contributed by atoms with Gasteiger partial charge in [-0.3, -0.25) is 10.1 Å². The molecule has 3 rings (SSSR count). The van der Waals surface area contributed by atoms with Gasteiger partial charge >= 0.3 is 11.9 Å². The number of nitrogens with zero attached hydrogens (tertiary/aromatic N) is 6. The van der Waals surface area contributed by atoms with Crippen LogP contribution in [0.3, 0.4) is 0 Å². The van der Waals surface area contributed by atoms with Gasteiger partial charge in [-0.2, -0.15) is 10.2 Å². The third kappa shape index (κ3) is 18.5. The van der Waals surface area contributed by atoms with E-state index in [1.54, 1.807) is 26.0 Å². The zero-order chi connectivity index (χ0) is 44.4. The highest BCUT2D eigenvalue weighted by Gasteiger charge is 2.16. The molecule has 0 saturated heterocycles. The number of esters is 2. The van der Waals surface area contributed by atoms with Gasteiger partial charge in [0.05, 0.1) is 16.3 Å². The number of non-ortho nitro benzene ring substituents is 1. The van der Waals surface area contributed by atoms with Crippen molar-refractivity contribution in [3.63, 3.8) is 0 Å². The van der Waals surface area contributed by atoms with Crippen molar-refractivity contribution in [3.05, 3.63) is 94.6 Å². The standard InChI is InChI=1S/C47H64N6O8/c1-8-10-12-14-16-18-26-52(27-19-17-15-13-11-9-2)40-24-25-41(37(7)32-40)49-51-43-34-44(58-28-30-60-46(54)35(3)4)42(33-45(43)59-29-31-61-47(55)36(5)6)50-48-38-20-22-39(23-21-38)53(56)57/h20-25,32-34H,3,5,8-19,26-31H2,1-2,4,6-7H3/b50-48+,51-49+. The third-order valence-corrected chi connectivity index (χ3v) is 9.59. The molecule has 0 fully saturated rings. The first-order valence-electron chi connectivity index (χ1n) is 21.5. The second-order valence-corrected chi connectivity index (χ2v) is 15.0. The van der Waals surface area contributed by atoms with Gasteiger partial charge in [0.1, 0.15) is 49.3 Å². The van der Waals surface area contributed by atoms with E-state index < -0.39 is 16.9 Å². The van der Waals surface area contributed by atoms with Crippen molar-refractivity contribution in [1.82, 2.24) is 0 Å². The Bertz CT molecular complexity index is 1930. The van der Waals surface area contributed by atoms with Crippen LogP contribution in [0.25, 0.3) is 0 Å². The van der Waals surface area contributed by atoms with Gasteiger partial charge in [0.25, 0.3) is 5.69 Å². The molecule has 0 spiro atoms. The van der Waals surface area contributed by atoms with Crippen LogP contribution in [0, 0.1) is 17.0 Å². The fourth-order valence-corrected chi connectivity index (χ4v) is 6.09. The highest BCUT2D eigenvalue weighted by atomic mass is 16.6. The van der Waals surface area contributed by atoms with Gasteiger partial charge in [-0.25, -0.2) is 9.59 Å². The van der Waals surface area contributed by atoms with Crippen molar-refractivity contribution in [3.8, 4) is 11.5 Å². The molecule has 330 valence electrons. The summed E-state index contributed by atoms with van der Waals surface area (Å²) in [6, 6.07) is 14.9. The van der Waals surface area contributed by atoms with Crippen molar-refractivity contribution in [2.45, 2.75) is 112 Å². The summed E-state index contributed by atoms with van der Waals surface area (Å²) in [5, 5.41) is 29.0. The lowest BCUT2D eigenvalue weighted by Gasteiger charge is -2.26. The molecule has 0 aliphatic carbocycles. The first kappa shape index (κ1) is 49.4. The van der Waals surface area contributed by atoms with E-state index in [0.29, 0.717) is 11.4 Å². The number of rotatable bonds is 30. The summed E-state index contributed by atoms with van der Waals surface area (Å²) in [5.41, 5.74) is 4.05. The van der Waals surface area contributed by atoms with E-state index in [2.05, 4.69) is 64.5 Å². The van der Waals surface area contributed by atoms with Gasteiger partial charge in [-0.05, 0) is 69.5 Å². The number of carbonyl (C=O) groups is 2. The average Bonchev–Trinajstić information content (AvgIpc) is 3.24. The molecule has 0 aromatic heterocycles. The Morgan fingerprint density at radius 1 is 0.623 bits per heavy atom. The molecule has 0 unspecified atom stereocenters. The van der Waals surface area contributed by atoms with Gasteiger partial charge in [-0.15, -0.1) is 10.2 Å². The van der Waals surface area contributed by atoms with Gasteiger partial charge in [0.2, 0.25) is 0 Å². The summed E-state index contributed by atoms with van der Waals surface area (Å²) in [4.78, 5) is 37.2. The predicted octanol–water partition coefficient (Wildman–Crippen LogP) is 13.3. The van der Waals surface area contributed by atoms with Gasteiger partial charge < -0.3 is 23.8 Å². The normalized spacial score (nSPS) is 11.2. The van der Waals surface area contributed by atoms with Crippen LogP contribution < -0.4 is 14.4 Å². The molecular formula is C47H64N6O8. The Labute approximate surface area is 361 Å². The number of carbonyl (C=O) groups excluding carboxylic acids is 2. The number of nitro benzene ring substituents is 1. The summed E-state index contributed by atoms with van der Waals surface area (Å²) < 4.78 is 22.6. The molecule has 0 bridgehead atoms. The second kappa shape index (κ2) is 27.8.